The summed E-state index contributed by atoms with van der Waals surface area (Å²) in [5, 5.41) is 2.81. The Kier molecular flexibility index (Phi) is 5.71. The number of nitrogens with one attached hydrogen (secondary N) is 1. The third-order valence-electron chi connectivity index (χ3n) is 3.19. The summed E-state index contributed by atoms with van der Waals surface area (Å²) in [5.74, 6) is 0.511. The SMILES string of the molecule is CC(=O)N(CCC(=O)NCc1cccnc1)Cc1ccco1. The highest BCUT2D eigenvalue weighted by molar-refractivity contribution is 5.77. The molecule has 0 aliphatic rings. The Morgan fingerprint density at radius 1 is 1.32 bits per heavy atom. The van der Waals surface area contributed by atoms with Crippen molar-refractivity contribution in [3.8, 4) is 0 Å². The molecule has 0 aliphatic heterocycles. The van der Waals surface area contributed by atoms with Crippen LogP contribution in [-0.4, -0.2) is 28.2 Å². The lowest BCUT2D eigenvalue weighted by atomic mass is 10.2. The highest BCUT2D eigenvalue weighted by atomic mass is 16.3. The van der Waals surface area contributed by atoms with Crippen molar-refractivity contribution in [2.24, 2.45) is 0 Å². The van der Waals surface area contributed by atoms with E-state index in [0.29, 0.717) is 25.4 Å². The fourth-order valence-electron chi connectivity index (χ4n) is 1.97. The average molecular weight is 301 g/mol. The highest BCUT2D eigenvalue weighted by Crippen LogP contribution is 2.06. The lowest BCUT2D eigenvalue weighted by Crippen LogP contribution is -2.33. The maximum atomic E-state index is 11.9. The van der Waals surface area contributed by atoms with Crippen molar-refractivity contribution >= 4 is 11.8 Å². The van der Waals surface area contributed by atoms with Crippen molar-refractivity contribution in [2.45, 2.75) is 26.4 Å². The van der Waals surface area contributed by atoms with Gasteiger partial charge in [0.2, 0.25) is 11.8 Å². The second-order valence-corrected chi connectivity index (χ2v) is 4.91. The molecule has 0 atom stereocenters. The third kappa shape index (κ3) is 5.05. The molecule has 0 radical (unpaired) electrons. The highest BCUT2D eigenvalue weighted by Gasteiger charge is 2.13. The number of hydrogen-bond acceptors (Lipinski definition) is 4. The summed E-state index contributed by atoms with van der Waals surface area (Å²) >= 11 is 0. The van der Waals surface area contributed by atoms with Gasteiger partial charge in [-0.2, -0.15) is 0 Å². The summed E-state index contributed by atoms with van der Waals surface area (Å²) in [5.41, 5.74) is 0.940. The van der Waals surface area contributed by atoms with E-state index in [0.717, 1.165) is 5.56 Å². The zero-order chi connectivity index (χ0) is 15.8. The van der Waals surface area contributed by atoms with E-state index in [9.17, 15) is 9.59 Å². The van der Waals surface area contributed by atoms with Crippen molar-refractivity contribution in [3.63, 3.8) is 0 Å². The lowest BCUT2D eigenvalue weighted by Gasteiger charge is -2.19. The maximum absolute atomic E-state index is 11.9. The lowest BCUT2D eigenvalue weighted by molar-refractivity contribution is -0.130. The predicted molar refractivity (Wildman–Crippen MR) is 80.5 cm³/mol. The van der Waals surface area contributed by atoms with Crippen molar-refractivity contribution in [3.05, 3.63) is 54.2 Å². The van der Waals surface area contributed by atoms with Crippen LogP contribution in [-0.2, 0) is 22.7 Å². The molecule has 0 aliphatic carbocycles. The molecule has 2 heterocycles. The Labute approximate surface area is 129 Å². The number of rotatable bonds is 7. The van der Waals surface area contributed by atoms with Crippen LogP contribution in [0.1, 0.15) is 24.7 Å². The first-order valence-corrected chi connectivity index (χ1v) is 7.08. The molecule has 116 valence electrons. The summed E-state index contributed by atoms with van der Waals surface area (Å²) in [6.45, 7) is 2.65. The van der Waals surface area contributed by atoms with Gasteiger partial charge in [0.25, 0.3) is 0 Å². The molecule has 0 spiro atoms. The van der Waals surface area contributed by atoms with Crippen molar-refractivity contribution in [2.75, 3.05) is 6.54 Å². The Hall–Kier alpha value is -2.63. The fourth-order valence-corrected chi connectivity index (χ4v) is 1.97. The summed E-state index contributed by atoms with van der Waals surface area (Å²) in [4.78, 5) is 29.0. The smallest absolute Gasteiger partial charge is 0.222 e. The number of carbonyl (C=O) groups excluding carboxylic acids is 2. The summed E-state index contributed by atoms with van der Waals surface area (Å²) < 4.78 is 5.22. The largest absolute Gasteiger partial charge is 0.467 e. The van der Waals surface area contributed by atoms with Crippen molar-refractivity contribution in [1.82, 2.24) is 15.2 Å². The Bertz CT molecular complexity index is 596. The van der Waals surface area contributed by atoms with Crippen LogP contribution in [0.3, 0.4) is 0 Å². The van der Waals surface area contributed by atoms with E-state index < -0.39 is 0 Å². The first-order chi connectivity index (χ1) is 10.6. The van der Waals surface area contributed by atoms with Gasteiger partial charge in [-0.05, 0) is 23.8 Å². The van der Waals surface area contributed by atoms with Gasteiger partial charge in [-0.3, -0.25) is 14.6 Å². The van der Waals surface area contributed by atoms with E-state index in [2.05, 4.69) is 10.3 Å². The summed E-state index contributed by atoms with van der Waals surface area (Å²) in [6.07, 6.45) is 5.21. The molecule has 0 saturated carbocycles. The van der Waals surface area contributed by atoms with E-state index in [1.54, 1.807) is 35.7 Å². The van der Waals surface area contributed by atoms with E-state index in [-0.39, 0.29) is 18.2 Å². The molecule has 6 nitrogen and oxygen atoms in total. The van der Waals surface area contributed by atoms with Crippen molar-refractivity contribution in [1.29, 1.82) is 0 Å². The first-order valence-electron chi connectivity index (χ1n) is 7.08. The van der Waals surface area contributed by atoms with Crippen LogP contribution < -0.4 is 5.32 Å². The van der Waals surface area contributed by atoms with Gasteiger partial charge < -0.3 is 14.6 Å². The number of furan rings is 1. The van der Waals surface area contributed by atoms with E-state index in [1.807, 2.05) is 12.1 Å². The molecule has 1 N–H and O–H groups in total. The number of aromatic nitrogens is 1. The molecular formula is C16H19N3O3. The molecule has 0 saturated heterocycles. The van der Waals surface area contributed by atoms with Crippen LogP contribution in [0, 0.1) is 0 Å². The number of nitrogens with zero attached hydrogens (tertiary/aromatic N) is 2. The second-order valence-electron chi connectivity index (χ2n) is 4.91. The standard InChI is InChI=1S/C16H19N3O3/c1-13(20)19(12-15-5-3-9-22-15)8-6-16(21)18-11-14-4-2-7-17-10-14/h2-5,7,9-10H,6,8,11-12H2,1H3,(H,18,21). The van der Waals surface area contributed by atoms with E-state index in [4.69, 9.17) is 4.42 Å². The fraction of sp³-hybridized carbons (Fsp3) is 0.312. The van der Waals surface area contributed by atoms with Gasteiger partial charge in [0.05, 0.1) is 12.8 Å². The van der Waals surface area contributed by atoms with E-state index >= 15 is 0 Å². The van der Waals surface area contributed by atoms with Gasteiger partial charge in [0.15, 0.2) is 0 Å². The molecule has 2 aromatic rings. The predicted octanol–water partition coefficient (Wildman–Crippen LogP) is 1.73. The average Bonchev–Trinajstić information content (AvgIpc) is 3.03. The third-order valence-corrected chi connectivity index (χ3v) is 3.19. The van der Waals surface area contributed by atoms with Gasteiger partial charge in [0.1, 0.15) is 5.76 Å². The Morgan fingerprint density at radius 2 is 2.18 bits per heavy atom. The molecule has 0 aromatic carbocycles. The Balaban J connectivity index is 1.76. The van der Waals surface area contributed by atoms with Crippen LogP contribution in [0.5, 0.6) is 0 Å². The van der Waals surface area contributed by atoms with Crippen molar-refractivity contribution < 1.29 is 14.0 Å². The number of amides is 2. The number of hydrogen-bond donors (Lipinski definition) is 1. The van der Waals surface area contributed by atoms with Crippen LogP contribution in [0.4, 0.5) is 0 Å². The molecular weight excluding hydrogens is 282 g/mol. The summed E-state index contributed by atoms with van der Waals surface area (Å²) in [6, 6.07) is 7.29. The zero-order valence-corrected chi connectivity index (χ0v) is 12.5. The first kappa shape index (κ1) is 15.8. The van der Waals surface area contributed by atoms with Gasteiger partial charge >= 0.3 is 0 Å². The van der Waals surface area contributed by atoms with Crippen LogP contribution in [0.25, 0.3) is 0 Å². The molecule has 0 bridgehead atoms. The molecule has 0 unspecified atom stereocenters. The topological polar surface area (TPSA) is 75.4 Å². The van der Waals surface area contributed by atoms with Crippen LogP contribution in [0.2, 0.25) is 0 Å². The zero-order valence-electron chi connectivity index (χ0n) is 12.5. The molecule has 22 heavy (non-hydrogen) atoms. The molecule has 0 fully saturated rings. The minimum Gasteiger partial charge on any atom is -0.467 e. The number of carbonyl (C=O) groups is 2. The quantitative estimate of drug-likeness (QED) is 0.845. The second kappa shape index (κ2) is 7.97. The molecule has 6 heteroatoms. The Morgan fingerprint density at radius 3 is 2.82 bits per heavy atom. The van der Waals surface area contributed by atoms with E-state index in [1.165, 1.54) is 6.92 Å². The normalized spacial score (nSPS) is 10.2. The van der Waals surface area contributed by atoms with Gasteiger partial charge in [-0.15, -0.1) is 0 Å². The molecule has 2 amide bonds. The maximum Gasteiger partial charge on any atom is 0.222 e. The van der Waals surface area contributed by atoms with Gasteiger partial charge in [0, 0.05) is 38.8 Å². The molecule has 2 aromatic heterocycles. The number of pyridine rings is 1. The molecule has 2 rings (SSSR count). The van der Waals surface area contributed by atoms with Gasteiger partial charge in [-0.1, -0.05) is 6.07 Å². The minimum atomic E-state index is -0.102. The summed E-state index contributed by atoms with van der Waals surface area (Å²) in [7, 11) is 0. The monoisotopic (exact) mass is 301 g/mol. The minimum absolute atomic E-state index is 0.0866. The van der Waals surface area contributed by atoms with Crippen LogP contribution >= 0.6 is 0 Å². The van der Waals surface area contributed by atoms with Crippen LogP contribution in [0.15, 0.2) is 47.3 Å². The van der Waals surface area contributed by atoms with Gasteiger partial charge in [-0.25, -0.2) is 0 Å².